The van der Waals surface area contributed by atoms with Crippen LogP contribution in [0.25, 0.3) is 0 Å². The standard InChI is InChI=1S/C20H21FN4/c21-18-10-8-17(9-11-18)15-24-19-12-14-23-20(25-19)22-13-4-7-16-5-2-1-3-6-16/h1-3,5-6,8-12,14H,4,7,13,15H2,(H2,22,23,24,25). The predicted octanol–water partition coefficient (Wildman–Crippen LogP) is 4.27. The van der Waals surface area contributed by atoms with E-state index >= 15 is 0 Å². The van der Waals surface area contributed by atoms with Crippen molar-refractivity contribution in [2.24, 2.45) is 0 Å². The lowest BCUT2D eigenvalue weighted by atomic mass is 10.1. The largest absolute Gasteiger partial charge is 0.366 e. The maximum atomic E-state index is 12.9. The van der Waals surface area contributed by atoms with Crippen molar-refractivity contribution in [3.05, 3.63) is 83.8 Å². The second-order valence-corrected chi connectivity index (χ2v) is 5.76. The molecule has 0 fully saturated rings. The average molecular weight is 336 g/mol. The molecule has 1 aromatic heterocycles. The summed E-state index contributed by atoms with van der Waals surface area (Å²) in [4.78, 5) is 8.68. The van der Waals surface area contributed by atoms with Crippen molar-refractivity contribution >= 4 is 11.8 Å². The van der Waals surface area contributed by atoms with Gasteiger partial charge in [0.25, 0.3) is 0 Å². The molecule has 0 amide bonds. The average Bonchev–Trinajstić information content (AvgIpc) is 2.66. The maximum Gasteiger partial charge on any atom is 0.224 e. The summed E-state index contributed by atoms with van der Waals surface area (Å²) in [5, 5.41) is 6.47. The lowest BCUT2D eigenvalue weighted by Crippen LogP contribution is -2.08. The van der Waals surface area contributed by atoms with Crippen molar-refractivity contribution in [2.45, 2.75) is 19.4 Å². The molecule has 2 aromatic carbocycles. The van der Waals surface area contributed by atoms with Crippen LogP contribution in [-0.2, 0) is 13.0 Å². The number of benzene rings is 2. The summed E-state index contributed by atoms with van der Waals surface area (Å²) in [6.45, 7) is 1.40. The number of hydrogen-bond acceptors (Lipinski definition) is 4. The van der Waals surface area contributed by atoms with E-state index in [1.807, 2.05) is 12.1 Å². The van der Waals surface area contributed by atoms with E-state index in [9.17, 15) is 4.39 Å². The van der Waals surface area contributed by atoms with Crippen LogP contribution in [0.4, 0.5) is 16.2 Å². The molecule has 2 N–H and O–H groups in total. The lowest BCUT2D eigenvalue weighted by molar-refractivity contribution is 0.627. The smallest absolute Gasteiger partial charge is 0.224 e. The lowest BCUT2D eigenvalue weighted by Gasteiger charge is -2.08. The fourth-order valence-corrected chi connectivity index (χ4v) is 2.47. The van der Waals surface area contributed by atoms with Gasteiger partial charge < -0.3 is 10.6 Å². The van der Waals surface area contributed by atoms with Gasteiger partial charge in [-0.1, -0.05) is 42.5 Å². The number of nitrogens with zero attached hydrogens (tertiary/aromatic N) is 2. The van der Waals surface area contributed by atoms with Gasteiger partial charge in [0.15, 0.2) is 0 Å². The molecule has 4 nitrogen and oxygen atoms in total. The quantitative estimate of drug-likeness (QED) is 0.603. The molecule has 1 heterocycles. The summed E-state index contributed by atoms with van der Waals surface area (Å²) in [6.07, 6.45) is 3.76. The monoisotopic (exact) mass is 336 g/mol. The van der Waals surface area contributed by atoms with E-state index in [0.717, 1.165) is 30.8 Å². The van der Waals surface area contributed by atoms with Crippen molar-refractivity contribution < 1.29 is 4.39 Å². The molecule has 3 aromatic rings. The summed E-state index contributed by atoms with van der Waals surface area (Å²) < 4.78 is 12.9. The number of hydrogen-bond donors (Lipinski definition) is 2. The Kier molecular flexibility index (Phi) is 5.93. The number of aromatic nitrogens is 2. The summed E-state index contributed by atoms with van der Waals surface area (Å²) >= 11 is 0. The highest BCUT2D eigenvalue weighted by molar-refractivity contribution is 5.40. The molecule has 0 aliphatic heterocycles. The maximum absolute atomic E-state index is 12.9. The van der Waals surface area contributed by atoms with Crippen molar-refractivity contribution in [3.8, 4) is 0 Å². The SMILES string of the molecule is Fc1ccc(CNc2ccnc(NCCCc3ccccc3)n2)cc1. The Morgan fingerprint density at radius 2 is 1.64 bits per heavy atom. The van der Waals surface area contributed by atoms with Gasteiger partial charge in [-0.05, 0) is 42.2 Å². The van der Waals surface area contributed by atoms with Crippen LogP contribution in [0.2, 0.25) is 0 Å². The topological polar surface area (TPSA) is 49.8 Å². The third-order valence-electron chi connectivity index (χ3n) is 3.81. The van der Waals surface area contributed by atoms with Gasteiger partial charge in [0, 0.05) is 19.3 Å². The first kappa shape index (κ1) is 16.9. The highest BCUT2D eigenvalue weighted by Crippen LogP contribution is 2.09. The molecule has 0 unspecified atom stereocenters. The molecular formula is C20H21FN4. The van der Waals surface area contributed by atoms with E-state index in [4.69, 9.17) is 0 Å². The van der Waals surface area contributed by atoms with Gasteiger partial charge in [-0.15, -0.1) is 0 Å². The first-order chi connectivity index (χ1) is 12.3. The molecule has 0 bridgehead atoms. The van der Waals surface area contributed by atoms with Crippen LogP contribution in [0.1, 0.15) is 17.5 Å². The van der Waals surface area contributed by atoms with Crippen LogP contribution in [0, 0.1) is 5.82 Å². The second-order valence-electron chi connectivity index (χ2n) is 5.76. The molecule has 3 rings (SSSR count). The number of halogens is 1. The molecule has 128 valence electrons. The van der Waals surface area contributed by atoms with Crippen LogP contribution in [-0.4, -0.2) is 16.5 Å². The van der Waals surface area contributed by atoms with Gasteiger partial charge >= 0.3 is 0 Å². The molecule has 5 heteroatoms. The minimum atomic E-state index is -0.229. The van der Waals surface area contributed by atoms with Crippen molar-refractivity contribution in [1.82, 2.24) is 9.97 Å². The molecule has 0 spiro atoms. The summed E-state index contributed by atoms with van der Waals surface area (Å²) in [7, 11) is 0. The van der Waals surface area contributed by atoms with Crippen LogP contribution in [0.3, 0.4) is 0 Å². The van der Waals surface area contributed by atoms with E-state index in [0.29, 0.717) is 12.5 Å². The third kappa shape index (κ3) is 5.57. The fourth-order valence-electron chi connectivity index (χ4n) is 2.47. The van der Waals surface area contributed by atoms with E-state index in [1.54, 1.807) is 18.3 Å². The number of anilines is 2. The van der Waals surface area contributed by atoms with Gasteiger partial charge in [0.05, 0.1) is 0 Å². The molecule has 0 aliphatic rings. The van der Waals surface area contributed by atoms with Gasteiger partial charge in [-0.2, -0.15) is 4.98 Å². The molecule has 0 aliphatic carbocycles. The van der Waals surface area contributed by atoms with E-state index in [1.165, 1.54) is 17.7 Å². The van der Waals surface area contributed by atoms with Crippen LogP contribution in [0.5, 0.6) is 0 Å². The van der Waals surface area contributed by atoms with E-state index in [-0.39, 0.29) is 5.82 Å². The van der Waals surface area contributed by atoms with Gasteiger partial charge in [-0.25, -0.2) is 9.37 Å². The first-order valence-corrected chi connectivity index (χ1v) is 8.39. The molecule has 25 heavy (non-hydrogen) atoms. The zero-order valence-corrected chi connectivity index (χ0v) is 14.0. The number of rotatable bonds is 8. The minimum Gasteiger partial charge on any atom is -0.366 e. The van der Waals surface area contributed by atoms with E-state index < -0.39 is 0 Å². The van der Waals surface area contributed by atoms with Crippen LogP contribution in [0.15, 0.2) is 66.9 Å². The Labute approximate surface area is 147 Å². The Morgan fingerprint density at radius 1 is 0.840 bits per heavy atom. The Bertz CT molecular complexity index is 775. The summed E-state index contributed by atoms with van der Waals surface area (Å²) in [6, 6.07) is 18.7. The van der Waals surface area contributed by atoms with Gasteiger partial charge in [0.1, 0.15) is 11.6 Å². The molecule has 0 radical (unpaired) electrons. The molecule has 0 saturated heterocycles. The Balaban J connectivity index is 1.45. The molecule has 0 saturated carbocycles. The second kappa shape index (κ2) is 8.78. The summed E-state index contributed by atoms with van der Waals surface area (Å²) in [5.41, 5.74) is 2.33. The van der Waals surface area contributed by atoms with Crippen molar-refractivity contribution in [2.75, 3.05) is 17.2 Å². The zero-order valence-electron chi connectivity index (χ0n) is 14.0. The first-order valence-electron chi connectivity index (χ1n) is 8.39. The Hall–Kier alpha value is -2.95. The number of nitrogens with one attached hydrogen (secondary N) is 2. The van der Waals surface area contributed by atoms with Crippen molar-refractivity contribution in [1.29, 1.82) is 0 Å². The molecular weight excluding hydrogens is 315 g/mol. The Morgan fingerprint density at radius 3 is 2.44 bits per heavy atom. The highest BCUT2D eigenvalue weighted by Gasteiger charge is 2.00. The molecule has 0 atom stereocenters. The number of aryl methyl sites for hydroxylation is 1. The van der Waals surface area contributed by atoms with Crippen LogP contribution < -0.4 is 10.6 Å². The van der Waals surface area contributed by atoms with Gasteiger partial charge in [0.2, 0.25) is 5.95 Å². The minimum absolute atomic E-state index is 0.229. The van der Waals surface area contributed by atoms with E-state index in [2.05, 4.69) is 44.9 Å². The third-order valence-corrected chi connectivity index (χ3v) is 3.81. The van der Waals surface area contributed by atoms with Crippen molar-refractivity contribution in [3.63, 3.8) is 0 Å². The summed E-state index contributed by atoms with van der Waals surface area (Å²) in [5.74, 6) is 1.12. The zero-order chi connectivity index (χ0) is 17.3. The fraction of sp³-hybridized carbons (Fsp3) is 0.200. The normalized spacial score (nSPS) is 10.4. The predicted molar refractivity (Wildman–Crippen MR) is 99.0 cm³/mol. The van der Waals surface area contributed by atoms with Gasteiger partial charge in [-0.3, -0.25) is 0 Å². The van der Waals surface area contributed by atoms with Crippen LogP contribution >= 0.6 is 0 Å². The highest BCUT2D eigenvalue weighted by atomic mass is 19.1.